The van der Waals surface area contributed by atoms with Gasteiger partial charge in [0.15, 0.2) is 0 Å². The Balaban J connectivity index is 1.56. The molecule has 27 heavy (non-hydrogen) atoms. The Morgan fingerprint density at radius 1 is 1.22 bits per heavy atom. The van der Waals surface area contributed by atoms with Gasteiger partial charge in [-0.15, -0.1) is 0 Å². The van der Waals surface area contributed by atoms with Gasteiger partial charge < -0.3 is 19.1 Å². The zero-order chi connectivity index (χ0) is 18.6. The summed E-state index contributed by atoms with van der Waals surface area (Å²) in [4.78, 5) is 22.2. The van der Waals surface area contributed by atoms with E-state index in [4.69, 9.17) is 9.72 Å². The average molecular weight is 370 g/mol. The van der Waals surface area contributed by atoms with Gasteiger partial charge in [-0.3, -0.25) is 4.79 Å². The summed E-state index contributed by atoms with van der Waals surface area (Å²) in [6.45, 7) is 7.72. The van der Waals surface area contributed by atoms with Gasteiger partial charge in [0.2, 0.25) is 11.9 Å². The Kier molecular flexibility index (Phi) is 5.62. The highest BCUT2D eigenvalue weighted by atomic mass is 16.5. The smallest absolute Gasteiger partial charge is 0.227 e. The van der Waals surface area contributed by atoms with Crippen LogP contribution in [0.4, 0.5) is 5.95 Å². The lowest BCUT2D eigenvalue weighted by molar-refractivity contribution is -0.139. The molecule has 4 rings (SSSR count). The molecule has 6 heteroatoms. The number of anilines is 1. The molecule has 1 atom stereocenters. The highest BCUT2D eigenvalue weighted by Gasteiger charge is 2.31. The number of ether oxygens (including phenoxy) is 1. The van der Waals surface area contributed by atoms with Crippen LogP contribution in [0.25, 0.3) is 11.0 Å². The number of aryl methyl sites for hydroxylation is 1. The number of unbranched alkanes of at least 4 members (excludes halogenated alkanes) is 1. The molecule has 1 aromatic heterocycles. The topological polar surface area (TPSA) is 50.6 Å². The van der Waals surface area contributed by atoms with Gasteiger partial charge in [-0.1, -0.05) is 25.5 Å². The fraction of sp³-hybridized carbons (Fsp3) is 0.619. The molecule has 2 aliphatic heterocycles. The van der Waals surface area contributed by atoms with Crippen molar-refractivity contribution in [3.63, 3.8) is 0 Å². The van der Waals surface area contributed by atoms with Crippen molar-refractivity contribution in [1.29, 1.82) is 0 Å². The first-order valence-corrected chi connectivity index (χ1v) is 10.3. The highest BCUT2D eigenvalue weighted by Crippen LogP contribution is 2.28. The molecule has 2 aliphatic rings. The fourth-order valence-corrected chi connectivity index (χ4v) is 4.24. The predicted octanol–water partition coefficient (Wildman–Crippen LogP) is 2.91. The van der Waals surface area contributed by atoms with Crippen LogP contribution in [-0.2, 0) is 16.1 Å². The lowest BCUT2D eigenvalue weighted by Crippen LogP contribution is -2.48. The van der Waals surface area contributed by atoms with Crippen LogP contribution in [0.3, 0.4) is 0 Å². The number of amides is 1. The number of morpholine rings is 1. The quantitative estimate of drug-likeness (QED) is 0.812. The second-order valence-corrected chi connectivity index (χ2v) is 7.63. The first-order valence-electron chi connectivity index (χ1n) is 10.3. The second-order valence-electron chi connectivity index (χ2n) is 7.63. The predicted molar refractivity (Wildman–Crippen MR) is 107 cm³/mol. The van der Waals surface area contributed by atoms with Crippen LogP contribution in [0.1, 0.15) is 32.6 Å². The SMILES string of the molecule is CCCCn1c(N2CCC[C@H](C(=O)N3CCOCC3)C2)nc2ccccc21. The number of nitrogens with zero attached hydrogens (tertiary/aromatic N) is 4. The summed E-state index contributed by atoms with van der Waals surface area (Å²) in [5.41, 5.74) is 2.24. The summed E-state index contributed by atoms with van der Waals surface area (Å²) in [6.07, 6.45) is 4.31. The van der Waals surface area contributed by atoms with E-state index in [0.717, 1.165) is 69.9 Å². The third kappa shape index (κ3) is 3.81. The Morgan fingerprint density at radius 3 is 2.85 bits per heavy atom. The molecular weight excluding hydrogens is 340 g/mol. The van der Waals surface area contributed by atoms with Crippen molar-refractivity contribution in [1.82, 2.24) is 14.5 Å². The maximum atomic E-state index is 13.0. The monoisotopic (exact) mass is 370 g/mol. The first kappa shape index (κ1) is 18.3. The number of piperidine rings is 1. The molecule has 3 heterocycles. The molecule has 0 unspecified atom stereocenters. The highest BCUT2D eigenvalue weighted by molar-refractivity contribution is 5.81. The summed E-state index contributed by atoms with van der Waals surface area (Å²) in [5.74, 6) is 1.39. The molecule has 0 spiro atoms. The van der Waals surface area contributed by atoms with Crippen molar-refractivity contribution in [3.8, 4) is 0 Å². The van der Waals surface area contributed by atoms with E-state index in [1.807, 2.05) is 11.0 Å². The third-order valence-electron chi connectivity index (χ3n) is 5.75. The Hall–Kier alpha value is -2.08. The summed E-state index contributed by atoms with van der Waals surface area (Å²) in [5, 5.41) is 0. The lowest BCUT2D eigenvalue weighted by atomic mass is 9.96. The number of carbonyl (C=O) groups is 1. The number of hydrogen-bond donors (Lipinski definition) is 0. The van der Waals surface area contributed by atoms with Crippen molar-refractivity contribution in [2.75, 3.05) is 44.3 Å². The molecule has 0 bridgehead atoms. The molecule has 2 aromatic rings. The second kappa shape index (κ2) is 8.30. The third-order valence-corrected chi connectivity index (χ3v) is 5.75. The van der Waals surface area contributed by atoms with Gasteiger partial charge in [-0.2, -0.15) is 0 Å². The zero-order valence-corrected chi connectivity index (χ0v) is 16.3. The van der Waals surface area contributed by atoms with Crippen LogP contribution < -0.4 is 4.90 Å². The van der Waals surface area contributed by atoms with Gasteiger partial charge in [0, 0.05) is 32.7 Å². The molecular formula is C21H30N4O2. The van der Waals surface area contributed by atoms with E-state index < -0.39 is 0 Å². The van der Waals surface area contributed by atoms with E-state index in [9.17, 15) is 4.79 Å². The van der Waals surface area contributed by atoms with Crippen LogP contribution in [0.15, 0.2) is 24.3 Å². The number of hydrogen-bond acceptors (Lipinski definition) is 4. The average Bonchev–Trinajstić information content (AvgIpc) is 3.11. The van der Waals surface area contributed by atoms with Crippen LogP contribution in [0.5, 0.6) is 0 Å². The van der Waals surface area contributed by atoms with Crippen molar-refractivity contribution in [2.45, 2.75) is 39.2 Å². The normalized spacial score (nSPS) is 21.0. The van der Waals surface area contributed by atoms with Crippen LogP contribution >= 0.6 is 0 Å². The molecule has 0 saturated carbocycles. The number of fused-ring (bicyclic) bond motifs is 1. The standard InChI is InChI=1S/C21H30N4O2/c1-2-3-11-25-19-9-5-4-8-18(19)22-21(25)24-10-6-7-17(16-24)20(26)23-12-14-27-15-13-23/h4-5,8-9,17H,2-3,6-7,10-16H2,1H3/t17-/m0/s1. The number of benzene rings is 1. The van der Waals surface area contributed by atoms with E-state index in [1.54, 1.807) is 0 Å². The minimum Gasteiger partial charge on any atom is -0.378 e. The molecule has 1 aromatic carbocycles. The Morgan fingerprint density at radius 2 is 2.04 bits per heavy atom. The van der Waals surface area contributed by atoms with Crippen molar-refractivity contribution in [3.05, 3.63) is 24.3 Å². The molecule has 146 valence electrons. The van der Waals surface area contributed by atoms with Crippen molar-refractivity contribution in [2.24, 2.45) is 5.92 Å². The van der Waals surface area contributed by atoms with Crippen molar-refractivity contribution >= 4 is 22.9 Å². The van der Waals surface area contributed by atoms with Gasteiger partial charge >= 0.3 is 0 Å². The number of carbonyl (C=O) groups excluding carboxylic acids is 1. The van der Waals surface area contributed by atoms with E-state index >= 15 is 0 Å². The zero-order valence-electron chi connectivity index (χ0n) is 16.3. The van der Waals surface area contributed by atoms with Gasteiger partial charge in [-0.05, 0) is 31.4 Å². The van der Waals surface area contributed by atoms with Crippen LogP contribution in [0.2, 0.25) is 0 Å². The fourth-order valence-electron chi connectivity index (χ4n) is 4.24. The molecule has 0 aliphatic carbocycles. The van der Waals surface area contributed by atoms with Crippen molar-refractivity contribution < 1.29 is 9.53 Å². The summed E-state index contributed by atoms with van der Waals surface area (Å²) in [7, 11) is 0. The number of aromatic nitrogens is 2. The minimum absolute atomic E-state index is 0.0660. The summed E-state index contributed by atoms with van der Waals surface area (Å²) in [6, 6.07) is 8.37. The largest absolute Gasteiger partial charge is 0.378 e. The number of imidazole rings is 1. The maximum Gasteiger partial charge on any atom is 0.227 e. The molecule has 2 saturated heterocycles. The first-order chi connectivity index (χ1) is 13.3. The molecule has 0 N–H and O–H groups in total. The molecule has 0 radical (unpaired) electrons. The van der Waals surface area contributed by atoms with Gasteiger partial charge in [-0.25, -0.2) is 4.98 Å². The minimum atomic E-state index is 0.0660. The molecule has 1 amide bonds. The number of rotatable bonds is 5. The lowest BCUT2D eigenvalue weighted by Gasteiger charge is -2.36. The van der Waals surface area contributed by atoms with E-state index in [-0.39, 0.29) is 5.92 Å². The van der Waals surface area contributed by atoms with Gasteiger partial charge in [0.05, 0.1) is 30.2 Å². The Bertz CT molecular complexity index is 782. The summed E-state index contributed by atoms with van der Waals surface area (Å²) >= 11 is 0. The van der Waals surface area contributed by atoms with Gasteiger partial charge in [0.25, 0.3) is 0 Å². The van der Waals surface area contributed by atoms with E-state index in [0.29, 0.717) is 19.1 Å². The van der Waals surface area contributed by atoms with E-state index in [1.165, 1.54) is 5.52 Å². The van der Waals surface area contributed by atoms with Crippen LogP contribution in [-0.4, -0.2) is 59.8 Å². The summed E-state index contributed by atoms with van der Waals surface area (Å²) < 4.78 is 7.74. The Labute approximate surface area is 161 Å². The molecule has 2 fully saturated rings. The maximum absolute atomic E-state index is 13.0. The van der Waals surface area contributed by atoms with Crippen LogP contribution in [0, 0.1) is 5.92 Å². The van der Waals surface area contributed by atoms with Gasteiger partial charge in [0.1, 0.15) is 0 Å². The number of para-hydroxylation sites is 2. The molecule has 6 nitrogen and oxygen atoms in total. The van der Waals surface area contributed by atoms with E-state index in [2.05, 4.69) is 34.6 Å².